The van der Waals surface area contributed by atoms with Crippen LogP contribution < -0.4 is 5.32 Å². The van der Waals surface area contributed by atoms with Crippen molar-refractivity contribution < 1.29 is 4.79 Å². The van der Waals surface area contributed by atoms with Crippen molar-refractivity contribution in [1.82, 2.24) is 10.3 Å². The Hall–Kier alpha value is -3.12. The van der Waals surface area contributed by atoms with E-state index in [9.17, 15) is 4.79 Å². The van der Waals surface area contributed by atoms with Gasteiger partial charge in [-0.15, -0.1) is 6.42 Å². The van der Waals surface area contributed by atoms with Crippen LogP contribution in [-0.2, 0) is 6.54 Å². The Morgan fingerprint density at radius 3 is 2.91 bits per heavy atom. The van der Waals surface area contributed by atoms with Crippen LogP contribution in [0.1, 0.15) is 21.5 Å². The number of benzene rings is 2. The molecule has 0 spiro atoms. The minimum Gasteiger partial charge on any atom is -0.348 e. The third kappa shape index (κ3) is 2.97. The smallest absolute Gasteiger partial charge is 0.251 e. The molecule has 106 valence electrons. The largest absolute Gasteiger partial charge is 0.348 e. The van der Waals surface area contributed by atoms with Gasteiger partial charge in [0, 0.05) is 29.3 Å². The number of fused-ring (bicyclic) bond motifs is 1. The molecule has 0 aliphatic carbocycles. The Balaban J connectivity index is 1.74. The summed E-state index contributed by atoms with van der Waals surface area (Å²) in [6, 6.07) is 16.8. The van der Waals surface area contributed by atoms with Gasteiger partial charge in [-0.1, -0.05) is 24.1 Å². The molecule has 0 saturated heterocycles. The molecule has 0 fully saturated rings. The number of pyridine rings is 1. The van der Waals surface area contributed by atoms with E-state index >= 15 is 0 Å². The normalized spacial score (nSPS) is 10.1. The first-order chi connectivity index (χ1) is 10.8. The molecule has 3 rings (SSSR count). The summed E-state index contributed by atoms with van der Waals surface area (Å²) in [4.78, 5) is 16.5. The lowest BCUT2D eigenvalue weighted by Gasteiger charge is -2.07. The Morgan fingerprint density at radius 1 is 1.14 bits per heavy atom. The minimum atomic E-state index is -0.114. The maximum Gasteiger partial charge on any atom is 0.251 e. The fourth-order valence-corrected chi connectivity index (χ4v) is 2.27. The number of carbonyl (C=O) groups excluding carboxylic acids is 1. The maximum absolute atomic E-state index is 12.2. The van der Waals surface area contributed by atoms with E-state index in [1.807, 2.05) is 48.5 Å². The highest BCUT2D eigenvalue weighted by Crippen LogP contribution is 2.13. The zero-order valence-electron chi connectivity index (χ0n) is 11.9. The zero-order chi connectivity index (χ0) is 15.4. The zero-order valence-corrected chi connectivity index (χ0v) is 11.9. The average molecular weight is 286 g/mol. The second kappa shape index (κ2) is 6.11. The molecule has 0 radical (unpaired) electrons. The highest BCUT2D eigenvalue weighted by Gasteiger charge is 2.06. The lowest BCUT2D eigenvalue weighted by atomic mass is 10.1. The van der Waals surface area contributed by atoms with E-state index in [1.54, 1.807) is 12.3 Å². The SMILES string of the molecule is C#Cc1cccc(CNC(=O)c2ccc3ncccc3c2)c1. The summed E-state index contributed by atoms with van der Waals surface area (Å²) < 4.78 is 0. The van der Waals surface area contributed by atoms with Crippen LogP contribution in [0, 0.1) is 12.3 Å². The monoisotopic (exact) mass is 286 g/mol. The van der Waals surface area contributed by atoms with E-state index in [1.165, 1.54) is 0 Å². The van der Waals surface area contributed by atoms with Crippen LogP contribution in [0.2, 0.25) is 0 Å². The average Bonchev–Trinajstić information content (AvgIpc) is 2.59. The molecule has 0 unspecified atom stereocenters. The summed E-state index contributed by atoms with van der Waals surface area (Å²) in [6.45, 7) is 0.444. The Bertz CT molecular complexity index is 878. The number of nitrogens with one attached hydrogen (secondary N) is 1. The molecule has 0 aliphatic heterocycles. The van der Waals surface area contributed by atoms with Gasteiger partial charge in [-0.25, -0.2) is 0 Å². The molecule has 22 heavy (non-hydrogen) atoms. The summed E-state index contributed by atoms with van der Waals surface area (Å²) in [6.07, 6.45) is 7.11. The number of amides is 1. The first-order valence-electron chi connectivity index (χ1n) is 6.95. The molecule has 1 N–H and O–H groups in total. The van der Waals surface area contributed by atoms with Gasteiger partial charge in [0.2, 0.25) is 0 Å². The third-order valence-corrected chi connectivity index (χ3v) is 3.41. The van der Waals surface area contributed by atoms with Gasteiger partial charge in [-0.3, -0.25) is 9.78 Å². The highest BCUT2D eigenvalue weighted by molar-refractivity contribution is 5.97. The summed E-state index contributed by atoms with van der Waals surface area (Å²) in [7, 11) is 0. The van der Waals surface area contributed by atoms with Crippen molar-refractivity contribution in [3.05, 3.63) is 77.5 Å². The van der Waals surface area contributed by atoms with Gasteiger partial charge >= 0.3 is 0 Å². The van der Waals surface area contributed by atoms with Crippen LogP contribution in [0.4, 0.5) is 0 Å². The maximum atomic E-state index is 12.2. The number of rotatable bonds is 3. The molecule has 3 heteroatoms. The second-order valence-corrected chi connectivity index (χ2v) is 4.94. The van der Waals surface area contributed by atoms with Gasteiger partial charge in [0.25, 0.3) is 5.91 Å². The number of hydrogen-bond donors (Lipinski definition) is 1. The van der Waals surface area contributed by atoms with Gasteiger partial charge in [-0.2, -0.15) is 0 Å². The van der Waals surface area contributed by atoms with Gasteiger partial charge < -0.3 is 5.32 Å². The molecular weight excluding hydrogens is 272 g/mol. The van der Waals surface area contributed by atoms with Crippen molar-refractivity contribution >= 4 is 16.8 Å². The van der Waals surface area contributed by atoms with E-state index < -0.39 is 0 Å². The van der Waals surface area contributed by atoms with Crippen molar-refractivity contribution in [1.29, 1.82) is 0 Å². The van der Waals surface area contributed by atoms with Crippen LogP contribution in [0.5, 0.6) is 0 Å². The lowest BCUT2D eigenvalue weighted by Crippen LogP contribution is -2.22. The predicted octanol–water partition coefficient (Wildman–Crippen LogP) is 3.15. The number of terminal acetylenes is 1. The van der Waals surface area contributed by atoms with E-state index in [0.29, 0.717) is 12.1 Å². The molecule has 3 aromatic rings. The van der Waals surface area contributed by atoms with E-state index in [-0.39, 0.29) is 5.91 Å². The van der Waals surface area contributed by atoms with Crippen molar-refractivity contribution in [3.8, 4) is 12.3 Å². The standard InChI is InChI=1S/C19H14N2O/c1-2-14-5-3-6-15(11-14)13-21-19(22)17-8-9-18-16(12-17)7-4-10-20-18/h1,3-12H,13H2,(H,21,22). The van der Waals surface area contributed by atoms with Gasteiger partial charge in [0.1, 0.15) is 0 Å². The first kappa shape index (κ1) is 13.8. The predicted molar refractivity (Wildman–Crippen MR) is 87.3 cm³/mol. The molecular formula is C19H14N2O. The van der Waals surface area contributed by atoms with E-state index in [0.717, 1.165) is 22.0 Å². The summed E-state index contributed by atoms with van der Waals surface area (Å²) in [5, 5.41) is 3.85. The van der Waals surface area contributed by atoms with Gasteiger partial charge in [-0.05, 0) is 42.0 Å². The Kier molecular flexibility index (Phi) is 3.84. The summed E-state index contributed by atoms with van der Waals surface area (Å²) >= 11 is 0. The van der Waals surface area contributed by atoms with Crippen LogP contribution in [-0.4, -0.2) is 10.9 Å². The molecule has 0 saturated carbocycles. The Morgan fingerprint density at radius 2 is 2.05 bits per heavy atom. The van der Waals surface area contributed by atoms with Crippen LogP contribution in [0.25, 0.3) is 10.9 Å². The van der Waals surface area contributed by atoms with Crippen molar-refractivity contribution in [2.24, 2.45) is 0 Å². The number of aromatic nitrogens is 1. The molecule has 3 nitrogen and oxygen atoms in total. The fraction of sp³-hybridized carbons (Fsp3) is 0.0526. The van der Waals surface area contributed by atoms with Crippen LogP contribution in [0.3, 0.4) is 0 Å². The number of hydrogen-bond acceptors (Lipinski definition) is 2. The molecule has 2 aromatic carbocycles. The molecule has 1 heterocycles. The molecule has 0 atom stereocenters. The number of nitrogens with zero attached hydrogens (tertiary/aromatic N) is 1. The van der Waals surface area contributed by atoms with Crippen molar-refractivity contribution in [2.45, 2.75) is 6.54 Å². The molecule has 0 aliphatic rings. The molecule has 0 bridgehead atoms. The first-order valence-corrected chi connectivity index (χ1v) is 6.95. The quantitative estimate of drug-likeness (QED) is 0.752. The Labute approximate surface area is 129 Å². The van der Waals surface area contributed by atoms with Crippen LogP contribution in [0.15, 0.2) is 60.8 Å². The molecule has 1 aromatic heterocycles. The highest BCUT2D eigenvalue weighted by atomic mass is 16.1. The number of carbonyl (C=O) groups is 1. The fourth-order valence-electron chi connectivity index (χ4n) is 2.27. The van der Waals surface area contributed by atoms with E-state index in [4.69, 9.17) is 6.42 Å². The topological polar surface area (TPSA) is 42.0 Å². The summed E-state index contributed by atoms with van der Waals surface area (Å²) in [5.41, 5.74) is 3.28. The third-order valence-electron chi connectivity index (χ3n) is 3.41. The van der Waals surface area contributed by atoms with Gasteiger partial charge in [0.15, 0.2) is 0 Å². The lowest BCUT2D eigenvalue weighted by molar-refractivity contribution is 0.0951. The van der Waals surface area contributed by atoms with Gasteiger partial charge in [0.05, 0.1) is 5.52 Å². The van der Waals surface area contributed by atoms with Crippen molar-refractivity contribution in [2.75, 3.05) is 0 Å². The van der Waals surface area contributed by atoms with Crippen LogP contribution >= 0.6 is 0 Å². The summed E-state index contributed by atoms with van der Waals surface area (Å²) in [5.74, 6) is 2.47. The van der Waals surface area contributed by atoms with Crippen molar-refractivity contribution in [3.63, 3.8) is 0 Å². The molecule has 1 amide bonds. The minimum absolute atomic E-state index is 0.114. The van der Waals surface area contributed by atoms with E-state index in [2.05, 4.69) is 16.2 Å². The second-order valence-electron chi connectivity index (χ2n) is 4.94.